The van der Waals surface area contributed by atoms with Gasteiger partial charge in [-0.15, -0.1) is 0 Å². The van der Waals surface area contributed by atoms with Crippen LogP contribution in [0.4, 0.5) is 0 Å². The third-order valence-corrected chi connectivity index (χ3v) is 10.0. The van der Waals surface area contributed by atoms with Crippen molar-refractivity contribution in [2.75, 3.05) is 33.0 Å². The van der Waals surface area contributed by atoms with E-state index in [9.17, 15) is 0 Å². The fourth-order valence-corrected chi connectivity index (χ4v) is 7.23. The number of aryl methyl sites for hydroxylation is 1. The highest BCUT2D eigenvalue weighted by molar-refractivity contribution is 6.31. The van der Waals surface area contributed by atoms with Crippen molar-refractivity contribution in [2.45, 2.75) is 155 Å². The molecule has 5 atom stereocenters. The molecule has 0 N–H and O–H groups in total. The van der Waals surface area contributed by atoms with Gasteiger partial charge in [-0.05, 0) is 81.2 Å². The Hall–Kier alpha value is -1.67. The van der Waals surface area contributed by atoms with Gasteiger partial charge in [0, 0.05) is 43.4 Å². The summed E-state index contributed by atoms with van der Waals surface area (Å²) in [7, 11) is 0. The molecule has 7 heteroatoms. The zero-order valence-corrected chi connectivity index (χ0v) is 31.7. The Kier molecular flexibility index (Phi) is 15.5. The molecule has 2 heterocycles. The molecule has 2 aromatic carbocycles. The van der Waals surface area contributed by atoms with Gasteiger partial charge in [-0.2, -0.15) is 0 Å². The molecule has 0 bridgehead atoms. The minimum atomic E-state index is -0.865. The summed E-state index contributed by atoms with van der Waals surface area (Å²) < 4.78 is 41.1. The Balaban J connectivity index is 1.86. The third-order valence-electron chi connectivity index (χ3n) is 9.65. The van der Waals surface area contributed by atoms with Crippen molar-refractivity contribution in [2.24, 2.45) is 0 Å². The first-order valence-electron chi connectivity index (χ1n) is 18.9. The van der Waals surface area contributed by atoms with Crippen LogP contribution in [0, 0.1) is 0 Å². The fourth-order valence-electron chi connectivity index (χ4n) is 7.01. The standard InChI is InChI=1S/C41H63ClO6/c1-8-13-21-43-28-36-37(44-22-14-9-2)38(45-23-15-10-3)39(46-24-16-11-4)41(48-36)29-40(6,7)47-35-27-34(42)32(26-33(35)41)25-31-19-17-30(12-5)18-20-31/h17-20,26-27,36-39H,8-16,21-25,28-29H2,1-7H3/t36-,37-,38+,39-,41+/m1/s1. The maximum atomic E-state index is 7.48. The molecule has 2 aromatic rings. The molecule has 1 fully saturated rings. The van der Waals surface area contributed by atoms with E-state index in [2.05, 4.69) is 78.8 Å². The Morgan fingerprint density at radius 2 is 1.33 bits per heavy atom. The van der Waals surface area contributed by atoms with E-state index >= 15 is 0 Å². The van der Waals surface area contributed by atoms with Gasteiger partial charge in [0.2, 0.25) is 0 Å². The maximum absolute atomic E-state index is 7.48. The average Bonchev–Trinajstić information content (AvgIpc) is 3.06. The monoisotopic (exact) mass is 686 g/mol. The normalized spacial score (nSPS) is 24.8. The molecule has 0 saturated carbocycles. The summed E-state index contributed by atoms with van der Waals surface area (Å²) in [5.74, 6) is 0.744. The summed E-state index contributed by atoms with van der Waals surface area (Å²) in [4.78, 5) is 0. The average molecular weight is 687 g/mol. The molecule has 0 aromatic heterocycles. The lowest BCUT2D eigenvalue weighted by Gasteiger charge is -2.57. The van der Waals surface area contributed by atoms with Crippen molar-refractivity contribution < 1.29 is 28.4 Å². The Morgan fingerprint density at radius 1 is 0.750 bits per heavy atom. The van der Waals surface area contributed by atoms with E-state index in [1.54, 1.807) is 0 Å². The highest BCUT2D eigenvalue weighted by Gasteiger charge is 2.61. The number of halogens is 1. The molecule has 270 valence electrons. The molecule has 4 rings (SSSR count). The first kappa shape index (κ1) is 39.1. The summed E-state index contributed by atoms with van der Waals surface area (Å²) in [6.07, 6.45) is 8.98. The van der Waals surface area contributed by atoms with Crippen molar-refractivity contribution in [1.29, 1.82) is 0 Å². The Labute approximate surface area is 296 Å². The number of unbranched alkanes of at least 4 members (excludes halogenated alkanes) is 4. The molecule has 0 amide bonds. The zero-order valence-electron chi connectivity index (χ0n) is 30.9. The smallest absolute Gasteiger partial charge is 0.130 e. The predicted octanol–water partition coefficient (Wildman–Crippen LogP) is 10.0. The zero-order chi connectivity index (χ0) is 34.6. The van der Waals surface area contributed by atoms with Crippen molar-refractivity contribution in [3.63, 3.8) is 0 Å². The number of rotatable bonds is 20. The van der Waals surface area contributed by atoms with Crippen LogP contribution < -0.4 is 4.74 Å². The van der Waals surface area contributed by atoms with Crippen LogP contribution in [0.25, 0.3) is 0 Å². The van der Waals surface area contributed by atoms with Crippen LogP contribution in [0.15, 0.2) is 36.4 Å². The first-order valence-corrected chi connectivity index (χ1v) is 19.3. The van der Waals surface area contributed by atoms with Gasteiger partial charge in [0.05, 0.1) is 6.61 Å². The van der Waals surface area contributed by atoms with E-state index in [0.717, 1.165) is 74.7 Å². The van der Waals surface area contributed by atoms with Crippen LogP contribution in [0.5, 0.6) is 5.75 Å². The fraction of sp³-hybridized carbons (Fsp3) is 0.707. The van der Waals surface area contributed by atoms with Gasteiger partial charge in [-0.3, -0.25) is 0 Å². The molecule has 1 spiro atoms. The molecule has 48 heavy (non-hydrogen) atoms. The van der Waals surface area contributed by atoms with Crippen LogP contribution in [0.3, 0.4) is 0 Å². The quantitative estimate of drug-likeness (QED) is 0.129. The maximum Gasteiger partial charge on any atom is 0.130 e. The SMILES string of the molecule is CCCCOC[C@H]1O[C@]2(CC(C)(C)Oc3cc(Cl)c(Cc4ccc(CC)cc4)cc32)[C@H](OCCCC)[C@@H](OCCCC)[C@@H]1OCCCC. The van der Waals surface area contributed by atoms with Crippen molar-refractivity contribution in [3.05, 3.63) is 63.7 Å². The highest BCUT2D eigenvalue weighted by Crippen LogP contribution is 2.54. The minimum absolute atomic E-state index is 0.328. The van der Waals surface area contributed by atoms with Crippen molar-refractivity contribution in [3.8, 4) is 5.75 Å². The van der Waals surface area contributed by atoms with Crippen molar-refractivity contribution >= 4 is 11.6 Å². The molecule has 2 aliphatic rings. The Bertz CT molecular complexity index is 1230. The molecular weight excluding hydrogens is 624 g/mol. The van der Waals surface area contributed by atoms with E-state index in [-0.39, 0.29) is 18.3 Å². The van der Waals surface area contributed by atoms with Crippen LogP contribution >= 0.6 is 11.6 Å². The van der Waals surface area contributed by atoms with Gasteiger partial charge in [-0.25, -0.2) is 0 Å². The Morgan fingerprint density at radius 3 is 1.96 bits per heavy atom. The van der Waals surface area contributed by atoms with E-state index in [4.69, 9.17) is 40.0 Å². The number of fused-ring (bicyclic) bond motifs is 2. The van der Waals surface area contributed by atoms with Gasteiger partial charge >= 0.3 is 0 Å². The van der Waals surface area contributed by atoms with Gasteiger partial charge in [0.15, 0.2) is 0 Å². The molecular formula is C41H63ClO6. The van der Waals surface area contributed by atoms with E-state index in [1.165, 1.54) is 11.1 Å². The van der Waals surface area contributed by atoms with Crippen LogP contribution in [0.2, 0.25) is 5.02 Å². The molecule has 1 saturated heterocycles. The lowest BCUT2D eigenvalue weighted by Crippen LogP contribution is -2.68. The van der Waals surface area contributed by atoms with E-state index < -0.39 is 17.3 Å². The van der Waals surface area contributed by atoms with Crippen LogP contribution in [-0.2, 0) is 42.1 Å². The lowest BCUT2D eigenvalue weighted by atomic mass is 9.71. The summed E-state index contributed by atoms with van der Waals surface area (Å²) >= 11 is 7.05. The second-order valence-corrected chi connectivity index (χ2v) is 14.7. The summed E-state index contributed by atoms with van der Waals surface area (Å²) in [6, 6.07) is 13.0. The second-order valence-electron chi connectivity index (χ2n) is 14.3. The largest absolute Gasteiger partial charge is 0.487 e. The van der Waals surface area contributed by atoms with Gasteiger partial charge in [0.25, 0.3) is 0 Å². The predicted molar refractivity (Wildman–Crippen MR) is 196 cm³/mol. The number of hydrogen-bond acceptors (Lipinski definition) is 6. The van der Waals surface area contributed by atoms with E-state index in [0.29, 0.717) is 50.9 Å². The number of hydrogen-bond donors (Lipinski definition) is 0. The first-order chi connectivity index (χ1) is 23.2. The summed E-state index contributed by atoms with van der Waals surface area (Å²) in [5, 5.41) is 0.691. The van der Waals surface area contributed by atoms with Gasteiger partial charge < -0.3 is 28.4 Å². The molecule has 0 aliphatic carbocycles. The molecule has 0 radical (unpaired) electrons. The van der Waals surface area contributed by atoms with Gasteiger partial charge in [-0.1, -0.05) is 96.2 Å². The van der Waals surface area contributed by atoms with E-state index in [1.807, 2.05) is 6.07 Å². The topological polar surface area (TPSA) is 55.4 Å². The second kappa shape index (κ2) is 19.1. The minimum Gasteiger partial charge on any atom is -0.487 e. The third kappa shape index (κ3) is 9.98. The number of benzene rings is 2. The van der Waals surface area contributed by atoms with Gasteiger partial charge in [0.1, 0.15) is 41.4 Å². The lowest BCUT2D eigenvalue weighted by molar-refractivity contribution is -0.319. The summed E-state index contributed by atoms with van der Waals surface area (Å²) in [5.41, 5.74) is 3.15. The van der Waals surface area contributed by atoms with Crippen molar-refractivity contribution in [1.82, 2.24) is 0 Å². The molecule has 6 nitrogen and oxygen atoms in total. The molecule has 0 unspecified atom stereocenters. The van der Waals surface area contributed by atoms with Crippen LogP contribution in [0.1, 0.15) is 129 Å². The highest BCUT2D eigenvalue weighted by atomic mass is 35.5. The molecule has 2 aliphatic heterocycles. The number of ether oxygens (including phenoxy) is 6. The van der Waals surface area contributed by atoms with Crippen LogP contribution in [-0.4, -0.2) is 63.1 Å². The summed E-state index contributed by atoms with van der Waals surface area (Å²) in [6.45, 7) is 18.2.